The molecular weight excluding hydrogens is 379 g/mol. The molecule has 2 aliphatic rings. The summed E-state index contributed by atoms with van der Waals surface area (Å²) in [6.07, 6.45) is 3.25. The lowest BCUT2D eigenvalue weighted by atomic mass is 9.95. The van der Waals surface area contributed by atoms with Gasteiger partial charge in [0.15, 0.2) is 5.69 Å². The third kappa shape index (κ3) is 2.76. The standard InChI is InChI=1S/C21H18ClFN4O/c22-14-7-9-15(10-8-14)27-20-13-6-5-12(11-13)18(20)19(26-27)21(28)25-24-17-4-2-1-3-16(17)23/h1-4,7-10,12-13,24H,5-6,11H2,(H,25,28). The van der Waals surface area contributed by atoms with Gasteiger partial charge in [0.25, 0.3) is 5.91 Å². The van der Waals surface area contributed by atoms with E-state index >= 15 is 0 Å². The van der Waals surface area contributed by atoms with E-state index in [4.69, 9.17) is 11.6 Å². The maximum atomic E-state index is 13.8. The first-order valence-corrected chi connectivity index (χ1v) is 9.69. The second-order valence-electron chi connectivity index (χ2n) is 7.30. The number of halogens is 2. The summed E-state index contributed by atoms with van der Waals surface area (Å²) in [5, 5.41) is 5.29. The van der Waals surface area contributed by atoms with Crippen LogP contribution >= 0.6 is 11.6 Å². The molecule has 1 amide bonds. The van der Waals surface area contributed by atoms with Crippen LogP contribution in [-0.2, 0) is 0 Å². The summed E-state index contributed by atoms with van der Waals surface area (Å²) in [6, 6.07) is 13.6. The zero-order valence-corrected chi connectivity index (χ0v) is 15.7. The van der Waals surface area contributed by atoms with Crippen LogP contribution < -0.4 is 10.9 Å². The number of nitrogens with zero attached hydrogens (tertiary/aromatic N) is 2. The smallest absolute Gasteiger partial charge is 0.290 e. The quantitative estimate of drug-likeness (QED) is 0.623. The number of fused-ring (bicyclic) bond motifs is 5. The SMILES string of the molecule is O=C(NNc1ccccc1F)c1nn(-c2ccc(Cl)cc2)c2c1C1CCC2C1. The van der Waals surface area contributed by atoms with E-state index in [9.17, 15) is 9.18 Å². The summed E-state index contributed by atoms with van der Waals surface area (Å²) in [5.74, 6) is -0.0157. The van der Waals surface area contributed by atoms with E-state index in [-0.39, 0.29) is 11.6 Å². The van der Waals surface area contributed by atoms with Gasteiger partial charge in [0.2, 0.25) is 0 Å². The molecule has 7 heteroatoms. The Kier molecular flexibility index (Phi) is 4.09. The Balaban J connectivity index is 1.49. The normalized spacial score (nSPS) is 19.5. The molecule has 2 aliphatic carbocycles. The third-order valence-corrected chi connectivity index (χ3v) is 5.91. The number of carbonyl (C=O) groups excluding carboxylic acids is 1. The molecule has 0 radical (unpaired) electrons. The maximum absolute atomic E-state index is 13.8. The van der Waals surface area contributed by atoms with Gasteiger partial charge in [-0.15, -0.1) is 0 Å². The van der Waals surface area contributed by atoms with Crippen molar-refractivity contribution >= 4 is 23.2 Å². The molecule has 0 aliphatic heterocycles. The summed E-state index contributed by atoms with van der Waals surface area (Å²) in [4.78, 5) is 12.9. The average Bonchev–Trinajstić information content (AvgIpc) is 3.40. The zero-order valence-electron chi connectivity index (χ0n) is 15.0. The third-order valence-electron chi connectivity index (χ3n) is 5.66. The lowest BCUT2D eigenvalue weighted by Gasteiger charge is -2.14. The topological polar surface area (TPSA) is 59.0 Å². The first-order valence-electron chi connectivity index (χ1n) is 9.31. The molecule has 2 unspecified atom stereocenters. The number of anilines is 1. The lowest BCUT2D eigenvalue weighted by molar-refractivity contribution is 0.0956. The number of hydrogen-bond donors (Lipinski definition) is 2. The van der Waals surface area contributed by atoms with Gasteiger partial charge in [-0.25, -0.2) is 9.07 Å². The van der Waals surface area contributed by atoms with Crippen LogP contribution in [0.3, 0.4) is 0 Å². The van der Waals surface area contributed by atoms with E-state index in [0.717, 1.165) is 36.2 Å². The van der Waals surface area contributed by atoms with E-state index in [1.54, 1.807) is 18.2 Å². The van der Waals surface area contributed by atoms with Crippen LogP contribution in [0.1, 0.15) is 52.8 Å². The number of hydrazine groups is 1. The molecule has 2 atom stereocenters. The number of aromatic nitrogens is 2. The predicted octanol–water partition coefficient (Wildman–Crippen LogP) is 4.79. The van der Waals surface area contributed by atoms with Crippen molar-refractivity contribution in [2.75, 3.05) is 5.43 Å². The Bertz CT molecular complexity index is 1060. The molecule has 2 N–H and O–H groups in total. The lowest BCUT2D eigenvalue weighted by Crippen LogP contribution is -2.31. The number of benzene rings is 2. The van der Waals surface area contributed by atoms with E-state index < -0.39 is 5.82 Å². The largest absolute Gasteiger partial charge is 0.295 e. The summed E-state index contributed by atoms with van der Waals surface area (Å²) in [7, 11) is 0. The molecular formula is C21H18ClFN4O. The van der Waals surface area contributed by atoms with Crippen LogP contribution in [-0.4, -0.2) is 15.7 Å². The van der Waals surface area contributed by atoms with Crippen molar-refractivity contribution in [3.05, 3.63) is 76.3 Å². The van der Waals surface area contributed by atoms with Crippen molar-refractivity contribution < 1.29 is 9.18 Å². The summed E-state index contributed by atoms with van der Waals surface area (Å²) < 4.78 is 15.7. The second kappa shape index (κ2) is 6.63. The summed E-state index contributed by atoms with van der Waals surface area (Å²) in [6.45, 7) is 0. The monoisotopic (exact) mass is 396 g/mol. The average molecular weight is 397 g/mol. The van der Waals surface area contributed by atoms with Gasteiger partial charge in [0.05, 0.1) is 17.1 Å². The maximum Gasteiger partial charge on any atom is 0.290 e. The molecule has 142 valence electrons. The highest BCUT2D eigenvalue weighted by Crippen LogP contribution is 2.54. The number of hydrogen-bond acceptors (Lipinski definition) is 3. The minimum atomic E-state index is -0.432. The van der Waals surface area contributed by atoms with Crippen molar-refractivity contribution in [3.63, 3.8) is 0 Å². The zero-order chi connectivity index (χ0) is 19.3. The minimum Gasteiger partial charge on any atom is -0.295 e. The van der Waals surface area contributed by atoms with Gasteiger partial charge in [0, 0.05) is 16.5 Å². The molecule has 1 aromatic heterocycles. The highest BCUT2D eigenvalue weighted by atomic mass is 35.5. The number of carbonyl (C=O) groups is 1. The van der Waals surface area contributed by atoms with Gasteiger partial charge in [-0.05, 0) is 61.6 Å². The number of rotatable bonds is 4. The minimum absolute atomic E-state index is 0.214. The van der Waals surface area contributed by atoms with E-state index in [0.29, 0.717) is 22.6 Å². The van der Waals surface area contributed by atoms with Gasteiger partial charge in [-0.2, -0.15) is 5.10 Å². The molecule has 1 fully saturated rings. The van der Waals surface area contributed by atoms with Crippen molar-refractivity contribution in [3.8, 4) is 5.69 Å². The molecule has 28 heavy (non-hydrogen) atoms. The second-order valence-corrected chi connectivity index (χ2v) is 7.74. The fourth-order valence-electron chi connectivity index (χ4n) is 4.42. The van der Waals surface area contributed by atoms with Gasteiger partial charge in [-0.3, -0.25) is 15.6 Å². The van der Waals surface area contributed by atoms with Crippen LogP contribution in [0, 0.1) is 5.82 Å². The van der Waals surface area contributed by atoms with Crippen LogP contribution in [0.25, 0.3) is 5.69 Å². The highest BCUT2D eigenvalue weighted by molar-refractivity contribution is 6.30. The fraction of sp³-hybridized carbons (Fsp3) is 0.238. The van der Waals surface area contributed by atoms with Crippen molar-refractivity contribution in [2.45, 2.75) is 31.1 Å². The van der Waals surface area contributed by atoms with Crippen LogP contribution in [0.15, 0.2) is 48.5 Å². The molecule has 5 nitrogen and oxygen atoms in total. The Labute approximate surface area is 166 Å². The van der Waals surface area contributed by atoms with Crippen LogP contribution in [0.2, 0.25) is 5.02 Å². The molecule has 5 rings (SSSR count). The Morgan fingerprint density at radius 1 is 1.11 bits per heavy atom. The number of para-hydroxylation sites is 1. The summed E-state index contributed by atoms with van der Waals surface area (Å²) in [5.41, 5.74) is 8.90. The van der Waals surface area contributed by atoms with E-state index in [1.165, 1.54) is 6.07 Å². The number of nitrogens with one attached hydrogen (secondary N) is 2. The van der Waals surface area contributed by atoms with Gasteiger partial charge < -0.3 is 0 Å². The van der Waals surface area contributed by atoms with Gasteiger partial charge >= 0.3 is 0 Å². The van der Waals surface area contributed by atoms with Gasteiger partial charge in [-0.1, -0.05) is 23.7 Å². The molecule has 2 aromatic carbocycles. The first-order chi connectivity index (χ1) is 13.6. The summed E-state index contributed by atoms with van der Waals surface area (Å²) >= 11 is 6.01. The fourth-order valence-corrected chi connectivity index (χ4v) is 4.55. The predicted molar refractivity (Wildman–Crippen MR) is 105 cm³/mol. The van der Waals surface area contributed by atoms with Gasteiger partial charge in [0.1, 0.15) is 5.82 Å². The highest BCUT2D eigenvalue weighted by Gasteiger charge is 2.44. The van der Waals surface area contributed by atoms with Crippen molar-refractivity contribution in [2.24, 2.45) is 0 Å². The Morgan fingerprint density at radius 3 is 2.64 bits per heavy atom. The molecule has 0 saturated heterocycles. The Hall–Kier alpha value is -2.86. The molecule has 1 heterocycles. The number of amides is 1. The first kappa shape index (κ1) is 17.3. The molecule has 2 bridgehead atoms. The van der Waals surface area contributed by atoms with Crippen molar-refractivity contribution in [1.29, 1.82) is 0 Å². The Morgan fingerprint density at radius 2 is 1.86 bits per heavy atom. The van der Waals surface area contributed by atoms with Crippen molar-refractivity contribution in [1.82, 2.24) is 15.2 Å². The van der Waals surface area contributed by atoms with Crippen LogP contribution in [0.5, 0.6) is 0 Å². The molecule has 0 spiro atoms. The van der Waals surface area contributed by atoms with E-state index in [2.05, 4.69) is 16.0 Å². The molecule has 3 aromatic rings. The molecule has 1 saturated carbocycles. The van der Waals surface area contributed by atoms with E-state index in [1.807, 2.05) is 28.9 Å². The van der Waals surface area contributed by atoms with Crippen LogP contribution in [0.4, 0.5) is 10.1 Å².